The molecule has 5 nitrogen and oxygen atoms in total. The summed E-state index contributed by atoms with van der Waals surface area (Å²) in [5.74, 6) is -0.500. The van der Waals surface area contributed by atoms with Crippen LogP contribution in [0.3, 0.4) is 0 Å². The second-order valence-electron chi connectivity index (χ2n) is 3.51. The van der Waals surface area contributed by atoms with E-state index in [9.17, 15) is 9.59 Å². The number of methoxy groups -OCH3 is 1. The van der Waals surface area contributed by atoms with Crippen LogP contribution in [0.25, 0.3) is 0 Å². The number of benzene rings is 1. The molecule has 0 aliphatic carbocycles. The van der Waals surface area contributed by atoms with E-state index in [1.54, 1.807) is 32.3 Å². The number of carbonyl (C=O) groups is 2. The topological polar surface area (TPSA) is 58.6 Å². The highest BCUT2D eigenvalue weighted by atomic mass is 79.9. The number of anilines is 1. The van der Waals surface area contributed by atoms with Crippen molar-refractivity contribution in [3.63, 3.8) is 0 Å². The fourth-order valence-corrected chi connectivity index (χ4v) is 1.49. The van der Waals surface area contributed by atoms with Crippen molar-refractivity contribution >= 4 is 33.6 Å². The lowest BCUT2D eigenvalue weighted by atomic mass is 10.2. The molecule has 0 aliphatic rings. The molecule has 0 unspecified atom stereocenters. The lowest BCUT2D eigenvalue weighted by molar-refractivity contribution is 0.0602. The Bertz CT molecular complexity index is 446. The van der Waals surface area contributed by atoms with Crippen LogP contribution in [0.1, 0.15) is 10.4 Å². The highest BCUT2D eigenvalue weighted by Crippen LogP contribution is 2.22. The van der Waals surface area contributed by atoms with Gasteiger partial charge in [0, 0.05) is 18.6 Å². The van der Waals surface area contributed by atoms with E-state index < -0.39 is 5.97 Å². The van der Waals surface area contributed by atoms with Gasteiger partial charge in [-0.25, -0.2) is 9.59 Å². The molecule has 0 aliphatic heterocycles. The molecule has 0 atom stereocenters. The van der Waals surface area contributed by atoms with Crippen LogP contribution in [0.15, 0.2) is 22.7 Å². The van der Waals surface area contributed by atoms with Crippen LogP contribution < -0.4 is 5.32 Å². The predicted octanol–water partition coefficient (Wildman–Crippen LogP) is 2.33. The van der Waals surface area contributed by atoms with Crippen LogP contribution in [0, 0.1) is 0 Å². The highest BCUT2D eigenvalue weighted by molar-refractivity contribution is 9.10. The summed E-state index contributed by atoms with van der Waals surface area (Å²) in [4.78, 5) is 24.4. The average Bonchev–Trinajstić information content (AvgIpc) is 2.30. The zero-order valence-electron chi connectivity index (χ0n) is 9.78. The first-order valence-electron chi connectivity index (χ1n) is 4.82. The molecule has 0 spiro atoms. The molecular formula is C11H13BrN2O3. The molecule has 92 valence electrons. The van der Waals surface area contributed by atoms with Gasteiger partial charge in [-0.2, -0.15) is 0 Å². The van der Waals surface area contributed by atoms with Gasteiger partial charge in [0.05, 0.1) is 18.4 Å². The first-order valence-corrected chi connectivity index (χ1v) is 5.61. The summed E-state index contributed by atoms with van der Waals surface area (Å²) in [6.07, 6.45) is 0. The number of hydrogen-bond acceptors (Lipinski definition) is 3. The Balaban J connectivity index is 3.06. The summed E-state index contributed by atoms with van der Waals surface area (Å²) >= 11 is 3.26. The minimum absolute atomic E-state index is 0.303. The van der Waals surface area contributed by atoms with E-state index in [4.69, 9.17) is 0 Å². The molecule has 6 heteroatoms. The second kappa shape index (κ2) is 5.67. The molecule has 0 saturated carbocycles. The molecule has 1 rings (SSSR count). The summed E-state index contributed by atoms with van der Waals surface area (Å²) in [7, 11) is 4.53. The molecule has 17 heavy (non-hydrogen) atoms. The molecule has 0 saturated heterocycles. The Labute approximate surface area is 108 Å². The third-order valence-electron chi connectivity index (χ3n) is 2.03. The Morgan fingerprint density at radius 3 is 2.53 bits per heavy atom. The number of carbonyl (C=O) groups excluding carboxylic acids is 2. The van der Waals surface area contributed by atoms with Crippen molar-refractivity contribution in [1.29, 1.82) is 0 Å². The molecular weight excluding hydrogens is 288 g/mol. The molecule has 1 aromatic carbocycles. The molecule has 0 fully saturated rings. The van der Waals surface area contributed by atoms with Gasteiger partial charge in [-0.3, -0.25) is 0 Å². The number of rotatable bonds is 2. The summed E-state index contributed by atoms with van der Waals surface area (Å²) in [5.41, 5.74) is 0.718. The molecule has 2 amide bonds. The van der Waals surface area contributed by atoms with Gasteiger partial charge < -0.3 is 15.0 Å². The number of nitrogens with zero attached hydrogens (tertiary/aromatic N) is 1. The number of hydrogen-bond donors (Lipinski definition) is 1. The minimum atomic E-state index is -0.500. The smallest absolute Gasteiger partial charge is 0.340 e. The number of esters is 1. The summed E-state index contributed by atoms with van der Waals surface area (Å²) in [5, 5.41) is 2.62. The summed E-state index contributed by atoms with van der Waals surface area (Å²) in [6, 6.07) is 4.66. The van der Waals surface area contributed by atoms with Crippen molar-refractivity contribution in [3.8, 4) is 0 Å². The van der Waals surface area contributed by atoms with Crippen molar-refractivity contribution < 1.29 is 14.3 Å². The number of halogens is 1. The van der Waals surface area contributed by atoms with Crippen molar-refractivity contribution in [3.05, 3.63) is 28.2 Å². The van der Waals surface area contributed by atoms with Gasteiger partial charge in [0.25, 0.3) is 0 Å². The third-order valence-corrected chi connectivity index (χ3v) is 2.53. The van der Waals surface area contributed by atoms with E-state index in [0.29, 0.717) is 11.3 Å². The van der Waals surface area contributed by atoms with Gasteiger partial charge in [-0.1, -0.05) is 15.9 Å². The van der Waals surface area contributed by atoms with E-state index in [2.05, 4.69) is 26.0 Å². The van der Waals surface area contributed by atoms with Crippen molar-refractivity contribution in [2.75, 3.05) is 26.5 Å². The Kier molecular flexibility index (Phi) is 4.51. The maximum atomic E-state index is 11.5. The van der Waals surface area contributed by atoms with Gasteiger partial charge in [0.2, 0.25) is 0 Å². The monoisotopic (exact) mass is 300 g/mol. The van der Waals surface area contributed by atoms with Crippen LogP contribution in [-0.4, -0.2) is 38.1 Å². The number of amides is 2. The van der Waals surface area contributed by atoms with Gasteiger partial charge in [0.15, 0.2) is 0 Å². The van der Waals surface area contributed by atoms with Crippen LogP contribution in [-0.2, 0) is 4.74 Å². The maximum Gasteiger partial charge on any atom is 0.340 e. The number of urea groups is 1. The molecule has 1 N–H and O–H groups in total. The number of nitrogens with one attached hydrogen (secondary N) is 1. The fourth-order valence-electron chi connectivity index (χ4n) is 1.13. The standard InChI is InChI=1S/C11H13BrN2O3/c1-14(2)11(16)13-9-5-4-7(12)6-8(9)10(15)17-3/h4-6H,1-3H3,(H,13,16). The zero-order valence-corrected chi connectivity index (χ0v) is 11.4. The van der Waals surface area contributed by atoms with E-state index in [0.717, 1.165) is 4.47 Å². The predicted molar refractivity (Wildman–Crippen MR) is 68.2 cm³/mol. The number of ether oxygens (including phenoxy) is 1. The first kappa shape index (κ1) is 13.5. The third kappa shape index (κ3) is 3.45. The molecule has 0 aromatic heterocycles. The van der Waals surface area contributed by atoms with E-state index in [-0.39, 0.29) is 6.03 Å². The summed E-state index contributed by atoms with van der Waals surface area (Å²) < 4.78 is 5.39. The second-order valence-corrected chi connectivity index (χ2v) is 4.42. The lowest BCUT2D eigenvalue weighted by Crippen LogP contribution is -2.28. The quantitative estimate of drug-likeness (QED) is 0.853. The molecule has 1 aromatic rings. The normalized spacial score (nSPS) is 9.65. The SMILES string of the molecule is COC(=O)c1cc(Br)ccc1NC(=O)N(C)C. The van der Waals surface area contributed by atoms with E-state index >= 15 is 0 Å². The Hall–Kier alpha value is -1.56. The average molecular weight is 301 g/mol. The fraction of sp³-hybridized carbons (Fsp3) is 0.273. The van der Waals surface area contributed by atoms with E-state index in [1.807, 2.05) is 0 Å². The van der Waals surface area contributed by atoms with Gasteiger partial charge in [0.1, 0.15) is 0 Å². The molecule has 0 heterocycles. The van der Waals surface area contributed by atoms with E-state index in [1.165, 1.54) is 12.0 Å². The first-order chi connectivity index (χ1) is 7.95. The summed E-state index contributed by atoms with van der Waals surface area (Å²) in [6.45, 7) is 0. The molecule has 0 bridgehead atoms. The molecule has 0 radical (unpaired) electrons. The highest BCUT2D eigenvalue weighted by Gasteiger charge is 2.14. The van der Waals surface area contributed by atoms with Gasteiger partial charge >= 0.3 is 12.0 Å². The van der Waals surface area contributed by atoms with Crippen LogP contribution >= 0.6 is 15.9 Å². The Morgan fingerprint density at radius 2 is 2.00 bits per heavy atom. The van der Waals surface area contributed by atoms with Crippen LogP contribution in [0.2, 0.25) is 0 Å². The van der Waals surface area contributed by atoms with Crippen LogP contribution in [0.5, 0.6) is 0 Å². The lowest BCUT2D eigenvalue weighted by Gasteiger charge is -2.14. The van der Waals surface area contributed by atoms with Crippen molar-refractivity contribution in [2.45, 2.75) is 0 Å². The van der Waals surface area contributed by atoms with Gasteiger partial charge in [-0.05, 0) is 18.2 Å². The Morgan fingerprint density at radius 1 is 1.35 bits per heavy atom. The van der Waals surface area contributed by atoms with Crippen molar-refractivity contribution in [2.24, 2.45) is 0 Å². The van der Waals surface area contributed by atoms with Crippen LogP contribution in [0.4, 0.5) is 10.5 Å². The van der Waals surface area contributed by atoms with Crippen molar-refractivity contribution in [1.82, 2.24) is 4.90 Å². The minimum Gasteiger partial charge on any atom is -0.465 e. The largest absolute Gasteiger partial charge is 0.465 e. The van der Waals surface area contributed by atoms with Gasteiger partial charge in [-0.15, -0.1) is 0 Å². The maximum absolute atomic E-state index is 11.5. The zero-order chi connectivity index (χ0) is 13.0.